The van der Waals surface area contributed by atoms with Gasteiger partial charge in [0.2, 0.25) is 0 Å². The number of aliphatic carboxylic acids is 1. The third-order valence-corrected chi connectivity index (χ3v) is 3.15. The molecule has 1 aliphatic heterocycles. The van der Waals surface area contributed by atoms with Crippen LogP contribution >= 0.6 is 0 Å². The monoisotopic (exact) mass is 291 g/mol. The molecule has 1 amide bonds. The molecule has 0 aliphatic carbocycles. The van der Waals surface area contributed by atoms with Crippen molar-refractivity contribution >= 4 is 11.9 Å². The molecule has 0 radical (unpaired) electrons. The van der Waals surface area contributed by atoms with Crippen LogP contribution in [0.25, 0.3) is 0 Å². The lowest BCUT2D eigenvalue weighted by Crippen LogP contribution is -2.48. The van der Waals surface area contributed by atoms with Crippen LogP contribution < -0.4 is 0 Å². The molecular formula is C11H12F3N3O3. The van der Waals surface area contributed by atoms with E-state index in [4.69, 9.17) is 5.11 Å². The minimum absolute atomic E-state index is 0.198. The molecule has 0 bridgehead atoms. The van der Waals surface area contributed by atoms with Crippen LogP contribution in [0.15, 0.2) is 6.07 Å². The highest BCUT2D eigenvalue weighted by Crippen LogP contribution is 2.28. The smallest absolute Gasteiger partial charge is 0.432 e. The Morgan fingerprint density at radius 2 is 2.10 bits per heavy atom. The van der Waals surface area contributed by atoms with E-state index in [-0.39, 0.29) is 13.0 Å². The van der Waals surface area contributed by atoms with E-state index in [0.29, 0.717) is 18.9 Å². The molecule has 2 heterocycles. The number of rotatable bonds is 2. The third kappa shape index (κ3) is 2.75. The van der Waals surface area contributed by atoms with E-state index in [1.54, 1.807) is 5.10 Å². The molecule has 0 spiro atoms. The van der Waals surface area contributed by atoms with Crippen molar-refractivity contribution in [2.75, 3.05) is 6.54 Å². The van der Waals surface area contributed by atoms with Crippen molar-refractivity contribution in [2.24, 2.45) is 0 Å². The van der Waals surface area contributed by atoms with E-state index in [1.165, 1.54) is 0 Å². The number of carboxylic acid groups (broad SMARTS) is 1. The maximum Gasteiger partial charge on any atom is 0.432 e. The normalized spacial score (nSPS) is 19.9. The zero-order chi connectivity index (χ0) is 14.9. The van der Waals surface area contributed by atoms with Gasteiger partial charge >= 0.3 is 12.1 Å². The Labute approximate surface area is 111 Å². The largest absolute Gasteiger partial charge is 0.480 e. The first-order valence-electron chi connectivity index (χ1n) is 5.97. The van der Waals surface area contributed by atoms with E-state index in [0.717, 1.165) is 4.90 Å². The quantitative estimate of drug-likeness (QED) is 0.864. The number of halogens is 3. The molecule has 0 unspecified atom stereocenters. The number of H-pyrrole nitrogens is 1. The Morgan fingerprint density at radius 1 is 1.40 bits per heavy atom. The molecule has 1 fully saturated rings. The minimum atomic E-state index is -4.63. The number of carbonyl (C=O) groups excluding carboxylic acids is 1. The van der Waals surface area contributed by atoms with E-state index in [1.807, 2.05) is 0 Å². The lowest BCUT2D eigenvalue weighted by Gasteiger charge is -2.32. The molecule has 1 aromatic heterocycles. The van der Waals surface area contributed by atoms with Gasteiger partial charge in [-0.25, -0.2) is 4.79 Å². The van der Waals surface area contributed by atoms with Crippen molar-refractivity contribution in [3.05, 3.63) is 17.5 Å². The fourth-order valence-electron chi connectivity index (χ4n) is 2.16. The first kappa shape index (κ1) is 14.4. The number of hydrogen-bond acceptors (Lipinski definition) is 3. The van der Waals surface area contributed by atoms with Gasteiger partial charge in [-0.15, -0.1) is 0 Å². The Kier molecular flexibility index (Phi) is 3.69. The number of likely N-dealkylation sites (tertiary alicyclic amines) is 1. The number of alkyl halides is 3. The van der Waals surface area contributed by atoms with Crippen molar-refractivity contribution < 1.29 is 27.9 Å². The zero-order valence-electron chi connectivity index (χ0n) is 10.3. The average molecular weight is 291 g/mol. The Bertz CT molecular complexity index is 526. The van der Waals surface area contributed by atoms with Crippen LogP contribution in [0, 0.1) is 0 Å². The van der Waals surface area contributed by atoms with Crippen molar-refractivity contribution in [1.82, 2.24) is 15.1 Å². The highest BCUT2D eigenvalue weighted by molar-refractivity contribution is 5.95. The highest BCUT2D eigenvalue weighted by Gasteiger charge is 2.37. The lowest BCUT2D eigenvalue weighted by atomic mass is 10.0. The van der Waals surface area contributed by atoms with Crippen molar-refractivity contribution in [1.29, 1.82) is 0 Å². The summed E-state index contributed by atoms with van der Waals surface area (Å²) in [5.41, 5.74) is -1.56. The van der Waals surface area contributed by atoms with Gasteiger partial charge in [0.05, 0.1) is 0 Å². The predicted octanol–water partition coefficient (Wildman–Crippen LogP) is 1.51. The minimum Gasteiger partial charge on any atom is -0.480 e. The van der Waals surface area contributed by atoms with Gasteiger partial charge in [0.1, 0.15) is 11.7 Å². The van der Waals surface area contributed by atoms with Gasteiger partial charge in [-0.3, -0.25) is 9.89 Å². The van der Waals surface area contributed by atoms with Crippen LogP contribution in [0.5, 0.6) is 0 Å². The summed E-state index contributed by atoms with van der Waals surface area (Å²) in [4.78, 5) is 24.2. The number of aromatic nitrogens is 2. The number of carboxylic acids is 1. The Morgan fingerprint density at radius 3 is 2.65 bits per heavy atom. The van der Waals surface area contributed by atoms with Gasteiger partial charge in [-0.2, -0.15) is 18.3 Å². The predicted molar refractivity (Wildman–Crippen MR) is 59.9 cm³/mol. The van der Waals surface area contributed by atoms with Gasteiger partial charge in [0.15, 0.2) is 5.69 Å². The lowest BCUT2D eigenvalue weighted by molar-refractivity contribution is -0.143. The fourth-order valence-corrected chi connectivity index (χ4v) is 2.16. The average Bonchev–Trinajstić information content (AvgIpc) is 2.87. The van der Waals surface area contributed by atoms with Crippen LogP contribution in [-0.2, 0) is 11.0 Å². The summed E-state index contributed by atoms with van der Waals surface area (Å²) in [6, 6.07) is -0.419. The second kappa shape index (κ2) is 5.14. The van der Waals surface area contributed by atoms with Crippen LogP contribution in [0.3, 0.4) is 0 Å². The standard InChI is InChI=1S/C11H12F3N3O3/c12-11(13,14)8-5-6(15-16-8)9(18)17-4-2-1-3-7(17)10(19)20/h5,7H,1-4H2,(H,15,16)(H,19,20)/t7-/m0/s1. The first-order chi connectivity index (χ1) is 9.30. The van der Waals surface area contributed by atoms with Gasteiger partial charge in [0, 0.05) is 12.6 Å². The van der Waals surface area contributed by atoms with E-state index in [2.05, 4.69) is 5.10 Å². The maximum atomic E-state index is 12.4. The molecule has 1 atom stereocenters. The summed E-state index contributed by atoms with van der Waals surface area (Å²) < 4.78 is 37.3. The first-order valence-corrected chi connectivity index (χ1v) is 5.97. The van der Waals surface area contributed by atoms with E-state index >= 15 is 0 Å². The number of carbonyl (C=O) groups is 2. The van der Waals surface area contributed by atoms with E-state index < -0.39 is 35.5 Å². The van der Waals surface area contributed by atoms with Crippen molar-refractivity contribution in [3.63, 3.8) is 0 Å². The Hall–Kier alpha value is -2.06. The second-order valence-corrected chi connectivity index (χ2v) is 4.51. The number of hydrogen-bond donors (Lipinski definition) is 2. The highest BCUT2D eigenvalue weighted by atomic mass is 19.4. The van der Waals surface area contributed by atoms with E-state index in [9.17, 15) is 22.8 Å². The molecule has 20 heavy (non-hydrogen) atoms. The van der Waals surface area contributed by atoms with Crippen LogP contribution in [0.2, 0.25) is 0 Å². The van der Waals surface area contributed by atoms with Crippen molar-refractivity contribution in [2.45, 2.75) is 31.5 Å². The summed E-state index contributed by atoms with van der Waals surface area (Å²) >= 11 is 0. The maximum absolute atomic E-state index is 12.4. The van der Waals surface area contributed by atoms with Crippen molar-refractivity contribution in [3.8, 4) is 0 Å². The second-order valence-electron chi connectivity index (χ2n) is 4.51. The molecule has 2 N–H and O–H groups in total. The zero-order valence-corrected chi connectivity index (χ0v) is 10.3. The number of nitrogens with one attached hydrogen (secondary N) is 1. The molecule has 0 saturated carbocycles. The number of nitrogens with zero attached hydrogens (tertiary/aromatic N) is 2. The third-order valence-electron chi connectivity index (χ3n) is 3.15. The molecular weight excluding hydrogens is 279 g/mol. The molecule has 0 aromatic carbocycles. The summed E-state index contributed by atoms with van der Waals surface area (Å²) in [5, 5.41) is 14.1. The van der Waals surface area contributed by atoms with Gasteiger partial charge < -0.3 is 10.0 Å². The summed E-state index contributed by atoms with van der Waals surface area (Å²) in [7, 11) is 0. The summed E-state index contributed by atoms with van der Waals surface area (Å²) in [6.45, 7) is 0.198. The van der Waals surface area contributed by atoms with Gasteiger partial charge in [0.25, 0.3) is 5.91 Å². The molecule has 1 aromatic rings. The molecule has 9 heteroatoms. The molecule has 2 rings (SSSR count). The SMILES string of the molecule is O=C(O)[C@@H]1CCCCN1C(=O)c1cc(C(F)(F)F)[nH]n1. The van der Waals surface area contributed by atoms with Crippen LogP contribution in [0.4, 0.5) is 13.2 Å². The summed E-state index contributed by atoms with van der Waals surface area (Å²) in [5.74, 6) is -1.96. The molecule has 6 nitrogen and oxygen atoms in total. The molecule has 1 aliphatic rings. The number of aromatic amines is 1. The summed E-state index contributed by atoms with van der Waals surface area (Å²) in [6.07, 6.45) is -3.06. The number of amides is 1. The van der Waals surface area contributed by atoms with Crippen LogP contribution in [0.1, 0.15) is 35.4 Å². The fraction of sp³-hybridized carbons (Fsp3) is 0.545. The Balaban J connectivity index is 2.21. The van der Waals surface area contributed by atoms with Gasteiger partial charge in [-0.1, -0.05) is 0 Å². The van der Waals surface area contributed by atoms with Gasteiger partial charge in [-0.05, 0) is 19.3 Å². The van der Waals surface area contributed by atoms with Crippen LogP contribution in [-0.4, -0.2) is 44.7 Å². The molecule has 110 valence electrons. The number of piperidine rings is 1. The topological polar surface area (TPSA) is 86.3 Å². The molecule has 1 saturated heterocycles.